The summed E-state index contributed by atoms with van der Waals surface area (Å²) in [6.07, 6.45) is 0.493. The zero-order chi connectivity index (χ0) is 14.4. The van der Waals surface area contributed by atoms with E-state index in [2.05, 4.69) is 41.8 Å². The fraction of sp³-hybridized carbons (Fsp3) is 0.235. The Balaban J connectivity index is 1.92. The molecule has 2 rings (SSSR count). The number of anilines is 2. The van der Waals surface area contributed by atoms with E-state index in [1.165, 1.54) is 11.1 Å². The first-order valence-electron chi connectivity index (χ1n) is 6.86. The summed E-state index contributed by atoms with van der Waals surface area (Å²) in [6.45, 7) is 4.73. The van der Waals surface area contributed by atoms with Crippen molar-refractivity contribution in [1.29, 1.82) is 0 Å². The number of hydrogen-bond donors (Lipinski definition) is 2. The maximum atomic E-state index is 11.3. The molecule has 0 aliphatic heterocycles. The molecule has 0 aliphatic rings. The Bertz CT molecular complexity index is 576. The van der Waals surface area contributed by atoms with Crippen molar-refractivity contribution in [2.45, 2.75) is 26.8 Å². The summed E-state index contributed by atoms with van der Waals surface area (Å²) in [5, 5.41) is 6.20. The molecule has 0 saturated carbocycles. The largest absolute Gasteiger partial charge is 0.381 e. The standard InChI is InChI=1S/C17H20N2O/c1-3-17(20)19-16-9-7-15(8-10-16)18-12-14-6-4-5-13(2)11-14/h4-11,18H,3,12H2,1-2H3,(H,19,20). The number of benzene rings is 2. The molecule has 0 heterocycles. The van der Waals surface area contributed by atoms with Crippen molar-refractivity contribution in [3.8, 4) is 0 Å². The molecular weight excluding hydrogens is 248 g/mol. The van der Waals surface area contributed by atoms with Crippen LogP contribution in [-0.2, 0) is 11.3 Å². The Morgan fingerprint density at radius 1 is 1.05 bits per heavy atom. The van der Waals surface area contributed by atoms with Gasteiger partial charge in [0.1, 0.15) is 0 Å². The van der Waals surface area contributed by atoms with E-state index in [0.29, 0.717) is 6.42 Å². The minimum absolute atomic E-state index is 0.0328. The zero-order valence-electron chi connectivity index (χ0n) is 11.9. The highest BCUT2D eigenvalue weighted by Gasteiger charge is 1.99. The Morgan fingerprint density at radius 3 is 2.40 bits per heavy atom. The summed E-state index contributed by atoms with van der Waals surface area (Å²) in [6, 6.07) is 16.2. The van der Waals surface area contributed by atoms with Gasteiger partial charge in [0.2, 0.25) is 5.91 Å². The van der Waals surface area contributed by atoms with Crippen molar-refractivity contribution < 1.29 is 4.79 Å². The van der Waals surface area contributed by atoms with Gasteiger partial charge in [-0.1, -0.05) is 36.8 Å². The van der Waals surface area contributed by atoms with Gasteiger partial charge in [-0.05, 0) is 36.8 Å². The summed E-state index contributed by atoms with van der Waals surface area (Å²) in [4.78, 5) is 11.3. The molecule has 0 spiro atoms. The lowest BCUT2D eigenvalue weighted by molar-refractivity contribution is -0.115. The molecule has 0 radical (unpaired) electrons. The number of carbonyl (C=O) groups excluding carboxylic acids is 1. The van der Waals surface area contributed by atoms with Gasteiger partial charge in [-0.15, -0.1) is 0 Å². The first kappa shape index (κ1) is 14.1. The second-order valence-electron chi connectivity index (χ2n) is 4.82. The number of rotatable bonds is 5. The molecule has 2 aromatic carbocycles. The number of nitrogens with one attached hydrogen (secondary N) is 2. The quantitative estimate of drug-likeness (QED) is 0.862. The molecule has 1 amide bonds. The SMILES string of the molecule is CCC(=O)Nc1ccc(NCc2cccc(C)c2)cc1. The molecule has 0 aliphatic carbocycles. The van der Waals surface area contributed by atoms with Crippen LogP contribution in [0.5, 0.6) is 0 Å². The predicted octanol–water partition coefficient (Wildman–Crippen LogP) is 3.96. The van der Waals surface area contributed by atoms with Crippen LogP contribution in [0.1, 0.15) is 24.5 Å². The average Bonchev–Trinajstić information content (AvgIpc) is 2.46. The molecule has 0 saturated heterocycles. The first-order valence-corrected chi connectivity index (χ1v) is 6.86. The third kappa shape index (κ3) is 4.12. The highest BCUT2D eigenvalue weighted by atomic mass is 16.1. The smallest absolute Gasteiger partial charge is 0.224 e. The Hall–Kier alpha value is -2.29. The van der Waals surface area contributed by atoms with E-state index >= 15 is 0 Å². The van der Waals surface area contributed by atoms with Gasteiger partial charge in [0.15, 0.2) is 0 Å². The minimum atomic E-state index is 0.0328. The highest BCUT2D eigenvalue weighted by molar-refractivity contribution is 5.90. The Morgan fingerprint density at radius 2 is 1.75 bits per heavy atom. The number of aryl methyl sites for hydroxylation is 1. The second-order valence-corrected chi connectivity index (χ2v) is 4.82. The summed E-state index contributed by atoms with van der Waals surface area (Å²) < 4.78 is 0. The second kappa shape index (κ2) is 6.75. The minimum Gasteiger partial charge on any atom is -0.381 e. The molecule has 0 fully saturated rings. The van der Waals surface area contributed by atoms with Crippen LogP contribution in [0.3, 0.4) is 0 Å². The number of carbonyl (C=O) groups is 1. The van der Waals surface area contributed by atoms with E-state index in [0.717, 1.165) is 17.9 Å². The monoisotopic (exact) mass is 268 g/mol. The molecule has 3 nitrogen and oxygen atoms in total. The molecule has 2 N–H and O–H groups in total. The van der Waals surface area contributed by atoms with Gasteiger partial charge >= 0.3 is 0 Å². The van der Waals surface area contributed by atoms with Crippen LogP contribution in [-0.4, -0.2) is 5.91 Å². The molecule has 0 bridgehead atoms. The van der Waals surface area contributed by atoms with Gasteiger partial charge in [-0.25, -0.2) is 0 Å². The predicted molar refractivity (Wildman–Crippen MR) is 83.9 cm³/mol. The molecular formula is C17H20N2O. The molecule has 20 heavy (non-hydrogen) atoms. The van der Waals surface area contributed by atoms with Crippen LogP contribution >= 0.6 is 0 Å². The summed E-state index contributed by atoms with van der Waals surface area (Å²) in [7, 11) is 0. The Labute approximate surface area is 120 Å². The van der Waals surface area contributed by atoms with Gasteiger partial charge in [-0.3, -0.25) is 4.79 Å². The van der Waals surface area contributed by atoms with E-state index in [1.54, 1.807) is 0 Å². The van der Waals surface area contributed by atoms with Gasteiger partial charge < -0.3 is 10.6 Å². The maximum Gasteiger partial charge on any atom is 0.224 e. The van der Waals surface area contributed by atoms with Gasteiger partial charge in [0.25, 0.3) is 0 Å². The molecule has 104 valence electrons. The van der Waals surface area contributed by atoms with E-state index in [4.69, 9.17) is 0 Å². The Kier molecular flexibility index (Phi) is 4.77. The van der Waals surface area contributed by atoms with E-state index in [9.17, 15) is 4.79 Å². The third-order valence-corrected chi connectivity index (χ3v) is 3.07. The lowest BCUT2D eigenvalue weighted by Crippen LogP contribution is -2.09. The number of hydrogen-bond acceptors (Lipinski definition) is 2. The summed E-state index contributed by atoms with van der Waals surface area (Å²) >= 11 is 0. The fourth-order valence-electron chi connectivity index (χ4n) is 1.95. The van der Waals surface area contributed by atoms with Crippen molar-refractivity contribution in [3.05, 3.63) is 59.7 Å². The molecule has 0 atom stereocenters. The lowest BCUT2D eigenvalue weighted by atomic mass is 10.1. The summed E-state index contributed by atoms with van der Waals surface area (Å²) in [5.74, 6) is 0.0328. The van der Waals surface area contributed by atoms with Crippen LogP contribution in [0, 0.1) is 6.92 Å². The van der Waals surface area contributed by atoms with Crippen molar-refractivity contribution in [2.75, 3.05) is 10.6 Å². The topological polar surface area (TPSA) is 41.1 Å². The van der Waals surface area contributed by atoms with Crippen molar-refractivity contribution in [3.63, 3.8) is 0 Å². The number of amides is 1. The highest BCUT2D eigenvalue weighted by Crippen LogP contribution is 2.15. The van der Waals surface area contributed by atoms with Crippen molar-refractivity contribution >= 4 is 17.3 Å². The summed E-state index contributed by atoms with van der Waals surface area (Å²) in [5.41, 5.74) is 4.40. The van der Waals surface area contributed by atoms with E-state index in [1.807, 2.05) is 31.2 Å². The van der Waals surface area contributed by atoms with E-state index in [-0.39, 0.29) is 5.91 Å². The zero-order valence-corrected chi connectivity index (χ0v) is 11.9. The van der Waals surface area contributed by atoms with Crippen LogP contribution in [0.15, 0.2) is 48.5 Å². The van der Waals surface area contributed by atoms with Crippen molar-refractivity contribution in [1.82, 2.24) is 0 Å². The van der Waals surface area contributed by atoms with Gasteiger partial charge in [-0.2, -0.15) is 0 Å². The maximum absolute atomic E-state index is 11.3. The fourth-order valence-corrected chi connectivity index (χ4v) is 1.95. The van der Waals surface area contributed by atoms with Crippen LogP contribution in [0.4, 0.5) is 11.4 Å². The van der Waals surface area contributed by atoms with Crippen LogP contribution < -0.4 is 10.6 Å². The van der Waals surface area contributed by atoms with Crippen LogP contribution in [0.25, 0.3) is 0 Å². The first-order chi connectivity index (χ1) is 9.67. The lowest BCUT2D eigenvalue weighted by Gasteiger charge is -2.09. The molecule has 0 aromatic heterocycles. The van der Waals surface area contributed by atoms with Gasteiger partial charge in [0.05, 0.1) is 0 Å². The average molecular weight is 268 g/mol. The molecule has 0 unspecified atom stereocenters. The van der Waals surface area contributed by atoms with Crippen LogP contribution in [0.2, 0.25) is 0 Å². The molecule has 2 aromatic rings. The van der Waals surface area contributed by atoms with Gasteiger partial charge in [0, 0.05) is 24.3 Å². The normalized spacial score (nSPS) is 10.1. The van der Waals surface area contributed by atoms with E-state index < -0.39 is 0 Å². The third-order valence-electron chi connectivity index (χ3n) is 3.07. The molecule has 3 heteroatoms. The van der Waals surface area contributed by atoms with Crippen molar-refractivity contribution in [2.24, 2.45) is 0 Å².